The van der Waals surface area contributed by atoms with Gasteiger partial charge in [-0.25, -0.2) is 0 Å². The van der Waals surface area contributed by atoms with Crippen molar-refractivity contribution < 1.29 is 9.59 Å². The van der Waals surface area contributed by atoms with Gasteiger partial charge in [-0.05, 0) is 12.0 Å². The molecule has 0 bridgehead atoms. The van der Waals surface area contributed by atoms with E-state index in [1.54, 1.807) is 18.2 Å². The Kier molecular flexibility index (Phi) is 4.48. The zero-order chi connectivity index (χ0) is 11.1. The van der Waals surface area contributed by atoms with Crippen molar-refractivity contribution in [3.05, 3.63) is 48.0 Å². The van der Waals surface area contributed by atoms with Crippen LogP contribution >= 0.6 is 0 Å². The Morgan fingerprint density at radius 3 is 2.60 bits per heavy atom. The van der Waals surface area contributed by atoms with Crippen LogP contribution in [0.5, 0.6) is 0 Å². The Balaban J connectivity index is 2.56. The quantitative estimate of drug-likeness (QED) is 0.418. The summed E-state index contributed by atoms with van der Waals surface area (Å²) in [6.07, 6.45) is 4.34. The fraction of sp³-hybridized carbons (Fsp3) is 0.231. The van der Waals surface area contributed by atoms with Gasteiger partial charge in [0.15, 0.2) is 5.78 Å². The number of aldehydes is 1. The summed E-state index contributed by atoms with van der Waals surface area (Å²) in [5.41, 5.74) is 0.726. The van der Waals surface area contributed by atoms with Gasteiger partial charge in [-0.3, -0.25) is 9.59 Å². The molecule has 1 atom stereocenters. The third-order valence-electron chi connectivity index (χ3n) is 2.12. The van der Waals surface area contributed by atoms with Gasteiger partial charge < -0.3 is 0 Å². The van der Waals surface area contributed by atoms with Crippen LogP contribution in [-0.4, -0.2) is 12.1 Å². The van der Waals surface area contributed by atoms with Crippen molar-refractivity contribution in [1.82, 2.24) is 0 Å². The number of Topliss-reactive ketones (excluding diaryl/α,β-unsaturated/α-hetero) is 1. The van der Waals surface area contributed by atoms with Crippen molar-refractivity contribution in [3.8, 4) is 0 Å². The molecule has 1 rings (SSSR count). The first-order valence-electron chi connectivity index (χ1n) is 4.94. The van der Waals surface area contributed by atoms with Gasteiger partial charge in [0.1, 0.15) is 6.29 Å². The summed E-state index contributed by atoms with van der Waals surface area (Å²) in [4.78, 5) is 21.8. The number of carbonyl (C=O) groups excluding carboxylic acids is 2. The van der Waals surface area contributed by atoms with Crippen LogP contribution in [0.2, 0.25) is 0 Å². The van der Waals surface area contributed by atoms with Crippen LogP contribution < -0.4 is 0 Å². The lowest BCUT2D eigenvalue weighted by atomic mass is 9.99. The second-order valence-electron chi connectivity index (χ2n) is 3.49. The number of rotatable bonds is 5. The highest BCUT2D eigenvalue weighted by atomic mass is 16.1. The van der Waals surface area contributed by atoms with E-state index < -0.39 is 0 Å². The second-order valence-corrected chi connectivity index (χ2v) is 3.49. The lowest BCUT2D eigenvalue weighted by Gasteiger charge is -2.04. The summed E-state index contributed by atoms with van der Waals surface area (Å²) in [7, 11) is 0. The topological polar surface area (TPSA) is 34.1 Å². The largest absolute Gasteiger partial charge is 0.299 e. The van der Waals surface area contributed by atoms with Crippen LogP contribution in [0.25, 0.3) is 0 Å². The summed E-state index contributed by atoms with van der Waals surface area (Å²) < 4.78 is 0. The molecule has 2 nitrogen and oxygen atoms in total. The number of benzene rings is 1. The van der Waals surface area contributed by atoms with E-state index in [4.69, 9.17) is 0 Å². The maximum absolute atomic E-state index is 11.7. The molecule has 1 aromatic rings. The third-order valence-corrected chi connectivity index (χ3v) is 2.12. The third kappa shape index (κ3) is 3.90. The molecule has 15 heavy (non-hydrogen) atoms. The van der Waals surface area contributed by atoms with Gasteiger partial charge >= 0.3 is 0 Å². The van der Waals surface area contributed by atoms with Crippen molar-refractivity contribution in [1.29, 1.82) is 0 Å². The minimum absolute atomic E-state index is 0.0999. The van der Waals surface area contributed by atoms with Gasteiger partial charge in [-0.2, -0.15) is 0 Å². The molecule has 1 unspecified atom stereocenters. The molecule has 0 fully saturated rings. The maximum atomic E-state index is 11.7. The summed E-state index contributed by atoms with van der Waals surface area (Å²) in [5, 5.41) is 0. The van der Waals surface area contributed by atoms with E-state index in [2.05, 4.69) is 0 Å². The highest BCUT2D eigenvalue weighted by Crippen LogP contribution is 2.10. The summed E-state index contributed by atoms with van der Waals surface area (Å²) in [6, 6.07) is 9.18. The minimum atomic E-state index is 0.0999. The molecule has 0 heterocycles. The first kappa shape index (κ1) is 11.4. The Morgan fingerprint density at radius 1 is 1.33 bits per heavy atom. The van der Waals surface area contributed by atoms with Crippen LogP contribution in [0.4, 0.5) is 0 Å². The summed E-state index contributed by atoms with van der Waals surface area (Å²) in [6.45, 7) is 1.92. The van der Waals surface area contributed by atoms with E-state index in [9.17, 15) is 9.59 Å². The average molecular weight is 202 g/mol. The van der Waals surface area contributed by atoms with Crippen molar-refractivity contribution >= 4 is 12.1 Å². The van der Waals surface area contributed by atoms with Gasteiger partial charge in [-0.15, -0.1) is 0 Å². The van der Waals surface area contributed by atoms with E-state index in [0.717, 1.165) is 11.8 Å². The van der Waals surface area contributed by atoms with Crippen molar-refractivity contribution in [2.75, 3.05) is 0 Å². The molecule has 2 heteroatoms. The maximum Gasteiger partial charge on any atom is 0.163 e. The molecule has 0 aromatic heterocycles. The minimum Gasteiger partial charge on any atom is -0.299 e. The molecule has 0 spiro atoms. The standard InChI is InChI=1S/C13H14O2/c1-11(6-5-9-14)10-13(15)12-7-3-2-4-8-12/h2-9,11H,10H2,1H3. The predicted molar refractivity (Wildman–Crippen MR) is 59.8 cm³/mol. The van der Waals surface area contributed by atoms with Gasteiger partial charge in [0.05, 0.1) is 0 Å². The number of ketones is 1. The van der Waals surface area contributed by atoms with Crippen LogP contribution in [0.1, 0.15) is 23.7 Å². The lowest BCUT2D eigenvalue weighted by Crippen LogP contribution is -2.03. The molecule has 1 aromatic carbocycles. The summed E-state index contributed by atoms with van der Waals surface area (Å²) >= 11 is 0. The molecule has 0 radical (unpaired) electrons. The molecular formula is C13H14O2. The van der Waals surface area contributed by atoms with Crippen LogP contribution in [0.15, 0.2) is 42.5 Å². The molecule has 0 N–H and O–H groups in total. The SMILES string of the molecule is CC(C=CC=O)CC(=O)c1ccccc1. The number of hydrogen-bond acceptors (Lipinski definition) is 2. The predicted octanol–water partition coefficient (Wildman–Crippen LogP) is 2.65. The van der Waals surface area contributed by atoms with E-state index in [0.29, 0.717) is 6.42 Å². The summed E-state index contributed by atoms with van der Waals surface area (Å²) in [5.74, 6) is 0.210. The number of carbonyl (C=O) groups is 2. The van der Waals surface area contributed by atoms with Gasteiger partial charge in [0.25, 0.3) is 0 Å². The Hall–Kier alpha value is -1.70. The zero-order valence-corrected chi connectivity index (χ0v) is 8.72. The van der Waals surface area contributed by atoms with Crippen molar-refractivity contribution in [2.45, 2.75) is 13.3 Å². The first-order chi connectivity index (χ1) is 7.24. The Bertz CT molecular complexity index is 352. The van der Waals surface area contributed by atoms with Gasteiger partial charge in [-0.1, -0.05) is 43.3 Å². The molecule has 0 aliphatic heterocycles. The molecule has 0 amide bonds. The fourth-order valence-electron chi connectivity index (χ4n) is 1.34. The molecule has 0 saturated carbocycles. The van der Waals surface area contributed by atoms with Gasteiger partial charge in [0, 0.05) is 12.0 Å². The average Bonchev–Trinajstić information content (AvgIpc) is 2.27. The van der Waals surface area contributed by atoms with Crippen LogP contribution in [0, 0.1) is 5.92 Å². The molecular weight excluding hydrogens is 188 g/mol. The van der Waals surface area contributed by atoms with Crippen molar-refractivity contribution in [3.63, 3.8) is 0 Å². The van der Waals surface area contributed by atoms with Crippen LogP contribution in [0.3, 0.4) is 0 Å². The number of hydrogen-bond donors (Lipinski definition) is 0. The second kappa shape index (κ2) is 5.91. The van der Waals surface area contributed by atoms with E-state index in [1.807, 2.05) is 25.1 Å². The van der Waals surface area contributed by atoms with E-state index in [-0.39, 0.29) is 11.7 Å². The Morgan fingerprint density at radius 2 is 2.00 bits per heavy atom. The molecule has 0 aliphatic rings. The highest BCUT2D eigenvalue weighted by molar-refractivity contribution is 5.96. The smallest absolute Gasteiger partial charge is 0.163 e. The van der Waals surface area contributed by atoms with Crippen molar-refractivity contribution in [2.24, 2.45) is 5.92 Å². The monoisotopic (exact) mass is 202 g/mol. The van der Waals surface area contributed by atoms with E-state index in [1.165, 1.54) is 6.08 Å². The zero-order valence-electron chi connectivity index (χ0n) is 8.72. The van der Waals surface area contributed by atoms with Gasteiger partial charge in [0.2, 0.25) is 0 Å². The highest BCUT2D eigenvalue weighted by Gasteiger charge is 2.08. The normalized spacial score (nSPS) is 12.6. The first-order valence-corrected chi connectivity index (χ1v) is 4.94. The van der Waals surface area contributed by atoms with E-state index >= 15 is 0 Å². The Labute approximate surface area is 89.6 Å². The fourth-order valence-corrected chi connectivity index (χ4v) is 1.34. The molecule has 0 saturated heterocycles. The molecule has 0 aliphatic carbocycles. The van der Waals surface area contributed by atoms with Crippen LogP contribution in [-0.2, 0) is 4.79 Å². The molecule has 78 valence electrons. The number of allylic oxidation sites excluding steroid dienone is 2. The lowest BCUT2D eigenvalue weighted by molar-refractivity contribution is -0.104.